The van der Waals surface area contributed by atoms with Crippen LogP contribution in [0.4, 0.5) is 0 Å². The van der Waals surface area contributed by atoms with Crippen LogP contribution in [-0.2, 0) is 21.3 Å². The van der Waals surface area contributed by atoms with Gasteiger partial charge >= 0.3 is 11.9 Å². The fourth-order valence-electron chi connectivity index (χ4n) is 2.70. The smallest absolute Gasteiger partial charge is 0.343 e. The van der Waals surface area contributed by atoms with Gasteiger partial charge in [0.25, 0.3) is 10.1 Å². The molecular formula is C21H13I3O7S. The van der Waals surface area contributed by atoms with Gasteiger partial charge in [0, 0.05) is 10.7 Å². The van der Waals surface area contributed by atoms with Crippen molar-refractivity contribution in [2.45, 2.75) is 11.3 Å². The molecule has 0 spiro atoms. The van der Waals surface area contributed by atoms with Gasteiger partial charge in [-0.25, -0.2) is 4.79 Å². The number of ether oxygens (including phenoxy) is 2. The van der Waals surface area contributed by atoms with Crippen LogP contribution in [0, 0.1) is 10.7 Å². The fourth-order valence-corrected chi connectivity index (χ4v) is 7.05. The van der Waals surface area contributed by atoms with Crippen LogP contribution in [0.1, 0.15) is 15.9 Å². The maximum Gasteiger partial charge on any atom is 0.343 e. The Morgan fingerprint density at radius 3 is 2.03 bits per heavy atom. The lowest BCUT2D eigenvalue weighted by Crippen LogP contribution is -2.17. The van der Waals surface area contributed by atoms with Gasteiger partial charge in [-0.3, -0.25) is 9.35 Å². The Hall–Kier alpha value is -1.30. The highest BCUT2D eigenvalue weighted by atomic mass is 127. The van der Waals surface area contributed by atoms with Crippen molar-refractivity contribution in [2.24, 2.45) is 0 Å². The maximum atomic E-state index is 12.8. The molecule has 0 radical (unpaired) electrons. The van der Waals surface area contributed by atoms with Crippen LogP contribution >= 0.6 is 67.8 Å². The summed E-state index contributed by atoms with van der Waals surface area (Å²) in [4.78, 5) is 24.9. The first-order chi connectivity index (χ1) is 15.0. The minimum absolute atomic E-state index is 0.104. The predicted molar refractivity (Wildman–Crippen MR) is 142 cm³/mol. The Balaban J connectivity index is 1.78. The van der Waals surface area contributed by atoms with Gasteiger partial charge in [-0.1, -0.05) is 18.2 Å². The summed E-state index contributed by atoms with van der Waals surface area (Å²) >= 11 is 5.62. The highest BCUT2D eigenvalue weighted by Gasteiger charge is 2.22. The van der Waals surface area contributed by atoms with E-state index in [1.165, 1.54) is 18.2 Å². The van der Waals surface area contributed by atoms with Crippen LogP contribution in [0.3, 0.4) is 0 Å². The number of rotatable bonds is 6. The first kappa shape index (κ1) is 25.3. The molecule has 0 aliphatic heterocycles. The molecule has 0 heterocycles. The summed E-state index contributed by atoms with van der Waals surface area (Å²) in [6.07, 6.45) is -0.145. The molecular weight excluding hydrogens is 777 g/mol. The molecule has 32 heavy (non-hydrogen) atoms. The second-order valence-electron chi connectivity index (χ2n) is 6.34. The molecule has 3 aromatic carbocycles. The third kappa shape index (κ3) is 6.61. The van der Waals surface area contributed by atoms with Gasteiger partial charge in [0.05, 0.1) is 12.0 Å². The lowest BCUT2D eigenvalue weighted by Gasteiger charge is -2.11. The molecule has 0 fully saturated rings. The van der Waals surface area contributed by atoms with Gasteiger partial charge in [-0.05, 0) is 116 Å². The first-order valence-corrected chi connectivity index (χ1v) is 13.4. The van der Waals surface area contributed by atoms with Crippen LogP contribution in [0.15, 0.2) is 65.6 Å². The highest BCUT2D eigenvalue weighted by molar-refractivity contribution is 14.1. The van der Waals surface area contributed by atoms with E-state index >= 15 is 0 Å². The minimum atomic E-state index is -4.42. The van der Waals surface area contributed by atoms with Crippen molar-refractivity contribution < 1.29 is 32.0 Å². The molecule has 3 aromatic rings. The van der Waals surface area contributed by atoms with Crippen molar-refractivity contribution in [2.75, 3.05) is 0 Å². The fraction of sp³-hybridized carbons (Fsp3) is 0.0476. The molecule has 0 saturated heterocycles. The van der Waals surface area contributed by atoms with E-state index in [0.717, 1.165) is 3.57 Å². The molecule has 166 valence electrons. The molecule has 11 heteroatoms. The SMILES string of the molecule is O=C(Cc1ccccc1C(=O)Oc1cc(I)c(S(=O)(=O)O)c(I)c1)Oc1ccc(I)cc1. The summed E-state index contributed by atoms with van der Waals surface area (Å²) in [7, 11) is -4.42. The summed E-state index contributed by atoms with van der Waals surface area (Å²) in [6.45, 7) is 0. The molecule has 0 unspecified atom stereocenters. The summed E-state index contributed by atoms with van der Waals surface area (Å²) in [5.41, 5.74) is 0.600. The van der Waals surface area contributed by atoms with Gasteiger partial charge in [0.1, 0.15) is 16.4 Å². The summed E-state index contributed by atoms with van der Waals surface area (Å²) < 4.78 is 44.5. The number of carbonyl (C=O) groups excluding carboxylic acids is 2. The van der Waals surface area contributed by atoms with E-state index in [1.54, 1.807) is 75.5 Å². The van der Waals surface area contributed by atoms with Crippen LogP contribution in [0.5, 0.6) is 11.5 Å². The summed E-state index contributed by atoms with van der Waals surface area (Å²) in [6, 6.07) is 16.1. The second-order valence-corrected chi connectivity index (χ2v) is 11.3. The molecule has 0 aliphatic rings. The summed E-state index contributed by atoms with van der Waals surface area (Å²) in [5, 5.41) is 0. The lowest BCUT2D eigenvalue weighted by atomic mass is 10.0. The first-order valence-electron chi connectivity index (χ1n) is 8.77. The third-order valence-electron chi connectivity index (χ3n) is 4.06. The number of carbonyl (C=O) groups is 2. The molecule has 0 atom stereocenters. The van der Waals surface area contributed by atoms with E-state index in [9.17, 15) is 22.6 Å². The largest absolute Gasteiger partial charge is 0.426 e. The quantitative estimate of drug-likeness (QED) is 0.160. The Bertz CT molecular complexity index is 1270. The van der Waals surface area contributed by atoms with E-state index in [2.05, 4.69) is 22.6 Å². The number of hydrogen-bond acceptors (Lipinski definition) is 6. The van der Waals surface area contributed by atoms with E-state index in [0.29, 0.717) is 11.3 Å². The normalized spacial score (nSPS) is 11.1. The Morgan fingerprint density at radius 2 is 1.44 bits per heavy atom. The Kier molecular flexibility index (Phi) is 8.51. The van der Waals surface area contributed by atoms with Gasteiger partial charge in [-0.15, -0.1) is 0 Å². The van der Waals surface area contributed by atoms with E-state index in [1.807, 2.05) is 12.1 Å². The standard InChI is InChI=1S/C21H13I3O7S/c22-13-5-7-14(8-6-13)30-19(25)9-12-3-1-2-4-16(12)21(26)31-15-10-17(23)20(18(24)11-15)32(27,28)29/h1-8,10-11H,9H2,(H,27,28,29). The lowest BCUT2D eigenvalue weighted by molar-refractivity contribution is -0.133. The number of esters is 2. The summed E-state index contributed by atoms with van der Waals surface area (Å²) in [5.74, 6) is -0.743. The highest BCUT2D eigenvalue weighted by Crippen LogP contribution is 2.29. The van der Waals surface area contributed by atoms with E-state index < -0.39 is 22.1 Å². The second kappa shape index (κ2) is 10.8. The van der Waals surface area contributed by atoms with Crippen molar-refractivity contribution in [1.29, 1.82) is 0 Å². The van der Waals surface area contributed by atoms with Crippen molar-refractivity contribution in [3.63, 3.8) is 0 Å². The zero-order chi connectivity index (χ0) is 23.5. The molecule has 0 aromatic heterocycles. The topological polar surface area (TPSA) is 107 Å². The zero-order valence-electron chi connectivity index (χ0n) is 15.9. The zero-order valence-corrected chi connectivity index (χ0v) is 23.2. The number of halogens is 3. The molecule has 0 aliphatic carbocycles. The maximum absolute atomic E-state index is 12.8. The van der Waals surface area contributed by atoms with Gasteiger partial charge in [-0.2, -0.15) is 8.42 Å². The van der Waals surface area contributed by atoms with Crippen molar-refractivity contribution >= 4 is 89.8 Å². The van der Waals surface area contributed by atoms with Crippen LogP contribution in [0.25, 0.3) is 0 Å². The molecule has 3 rings (SSSR count). The monoisotopic (exact) mass is 790 g/mol. The average molecular weight is 790 g/mol. The molecule has 0 saturated carbocycles. The molecule has 0 amide bonds. The van der Waals surface area contributed by atoms with Crippen molar-refractivity contribution in [1.82, 2.24) is 0 Å². The Labute approximate surface area is 225 Å². The van der Waals surface area contributed by atoms with E-state index in [-0.39, 0.29) is 29.8 Å². The predicted octanol–water partition coefficient (Wildman–Crippen LogP) is 5.11. The molecule has 7 nitrogen and oxygen atoms in total. The van der Waals surface area contributed by atoms with Crippen molar-refractivity contribution in [3.8, 4) is 11.5 Å². The van der Waals surface area contributed by atoms with Crippen molar-refractivity contribution in [3.05, 3.63) is 82.5 Å². The van der Waals surface area contributed by atoms with Gasteiger partial charge < -0.3 is 9.47 Å². The molecule has 0 bridgehead atoms. The van der Waals surface area contributed by atoms with Gasteiger partial charge in [0.2, 0.25) is 0 Å². The Morgan fingerprint density at radius 1 is 0.844 bits per heavy atom. The minimum Gasteiger partial charge on any atom is -0.426 e. The average Bonchev–Trinajstić information content (AvgIpc) is 2.68. The molecule has 1 N–H and O–H groups in total. The van der Waals surface area contributed by atoms with E-state index in [4.69, 9.17) is 9.47 Å². The third-order valence-corrected chi connectivity index (χ3v) is 8.17. The number of hydrogen-bond donors (Lipinski definition) is 1. The van der Waals surface area contributed by atoms with Crippen LogP contribution in [0.2, 0.25) is 0 Å². The van der Waals surface area contributed by atoms with Gasteiger partial charge in [0.15, 0.2) is 0 Å². The van der Waals surface area contributed by atoms with Crippen LogP contribution in [-0.4, -0.2) is 24.9 Å². The number of benzene rings is 3. The van der Waals surface area contributed by atoms with Crippen LogP contribution < -0.4 is 9.47 Å².